The molecule has 0 fully saturated rings. The van der Waals surface area contributed by atoms with Crippen LogP contribution in [0.1, 0.15) is 29.3 Å². The second kappa shape index (κ2) is 10.1. The summed E-state index contributed by atoms with van der Waals surface area (Å²) in [4.78, 5) is 12.4. The second-order valence-corrected chi connectivity index (χ2v) is 8.66. The standard InChI is InChI=1S/C22H26N4O4S/c1-3-30-20-9-11-21(12-10-20)31(28,29)25-19-7-5-18(6-8-19)22(27)23-13-4-14-26-16-17(2)15-24-26/h5-12,15-16,25H,3-4,13-14H2,1-2H3,(H,23,27). The fourth-order valence-corrected chi connectivity index (χ4v) is 3.98. The molecule has 0 saturated heterocycles. The van der Waals surface area contributed by atoms with Gasteiger partial charge >= 0.3 is 0 Å². The van der Waals surface area contributed by atoms with Crippen LogP contribution >= 0.6 is 0 Å². The number of hydrogen-bond donors (Lipinski definition) is 2. The molecule has 3 aromatic rings. The third kappa shape index (κ3) is 6.32. The average Bonchev–Trinajstić information content (AvgIpc) is 3.17. The monoisotopic (exact) mass is 442 g/mol. The van der Waals surface area contributed by atoms with Crippen molar-refractivity contribution in [1.29, 1.82) is 0 Å². The van der Waals surface area contributed by atoms with E-state index >= 15 is 0 Å². The van der Waals surface area contributed by atoms with E-state index in [0.29, 0.717) is 30.2 Å². The number of rotatable bonds is 10. The molecule has 3 rings (SSSR count). The molecule has 8 nitrogen and oxygen atoms in total. The molecular weight excluding hydrogens is 416 g/mol. The van der Waals surface area contributed by atoms with Gasteiger partial charge in [-0.2, -0.15) is 5.10 Å². The Balaban J connectivity index is 1.52. The van der Waals surface area contributed by atoms with Crippen molar-refractivity contribution in [3.8, 4) is 5.75 Å². The lowest BCUT2D eigenvalue weighted by Gasteiger charge is -2.10. The van der Waals surface area contributed by atoms with Gasteiger partial charge in [-0.3, -0.25) is 14.2 Å². The van der Waals surface area contributed by atoms with Gasteiger partial charge in [0, 0.05) is 30.5 Å². The molecule has 1 amide bonds. The van der Waals surface area contributed by atoms with Gasteiger partial charge in [-0.05, 0) is 74.4 Å². The maximum Gasteiger partial charge on any atom is 0.261 e. The van der Waals surface area contributed by atoms with E-state index in [4.69, 9.17) is 4.74 Å². The summed E-state index contributed by atoms with van der Waals surface area (Å²) >= 11 is 0. The molecule has 0 saturated carbocycles. The zero-order valence-corrected chi connectivity index (χ0v) is 18.4. The van der Waals surface area contributed by atoms with Crippen LogP contribution in [-0.4, -0.2) is 37.3 Å². The van der Waals surface area contributed by atoms with Crippen LogP contribution < -0.4 is 14.8 Å². The van der Waals surface area contributed by atoms with Crippen LogP contribution in [0.15, 0.2) is 65.8 Å². The van der Waals surface area contributed by atoms with Crippen molar-refractivity contribution >= 4 is 21.6 Å². The van der Waals surface area contributed by atoms with Crippen LogP contribution in [0.2, 0.25) is 0 Å². The number of carbonyl (C=O) groups is 1. The van der Waals surface area contributed by atoms with Crippen molar-refractivity contribution in [3.63, 3.8) is 0 Å². The van der Waals surface area contributed by atoms with Gasteiger partial charge in [-0.25, -0.2) is 8.42 Å². The summed E-state index contributed by atoms with van der Waals surface area (Å²) in [5, 5.41) is 7.06. The molecule has 0 atom stereocenters. The summed E-state index contributed by atoms with van der Waals surface area (Å²) in [6.07, 6.45) is 4.51. The van der Waals surface area contributed by atoms with Crippen LogP contribution in [0.3, 0.4) is 0 Å². The normalized spacial score (nSPS) is 11.2. The molecule has 2 N–H and O–H groups in total. The Morgan fingerprint density at radius 3 is 2.42 bits per heavy atom. The Morgan fingerprint density at radius 2 is 1.81 bits per heavy atom. The van der Waals surface area contributed by atoms with Crippen molar-refractivity contribution in [3.05, 3.63) is 72.1 Å². The van der Waals surface area contributed by atoms with Gasteiger partial charge < -0.3 is 10.1 Å². The number of aromatic nitrogens is 2. The van der Waals surface area contributed by atoms with E-state index in [1.54, 1.807) is 42.6 Å². The number of ether oxygens (including phenoxy) is 1. The molecule has 0 unspecified atom stereocenters. The number of anilines is 1. The van der Waals surface area contributed by atoms with Gasteiger partial charge in [0.2, 0.25) is 0 Å². The van der Waals surface area contributed by atoms with E-state index in [-0.39, 0.29) is 10.8 Å². The zero-order chi connectivity index (χ0) is 22.3. The number of nitrogens with one attached hydrogen (secondary N) is 2. The third-order valence-corrected chi connectivity index (χ3v) is 5.85. The topological polar surface area (TPSA) is 102 Å². The molecule has 9 heteroatoms. The van der Waals surface area contributed by atoms with Gasteiger partial charge in [0.25, 0.3) is 15.9 Å². The first kappa shape index (κ1) is 22.4. The number of nitrogens with zero attached hydrogens (tertiary/aromatic N) is 2. The summed E-state index contributed by atoms with van der Waals surface area (Å²) < 4.78 is 34.8. The Hall–Kier alpha value is -3.33. The predicted octanol–water partition coefficient (Wildman–Crippen LogP) is 3.21. The second-order valence-electron chi connectivity index (χ2n) is 6.98. The van der Waals surface area contributed by atoms with E-state index in [9.17, 15) is 13.2 Å². The van der Waals surface area contributed by atoms with Crippen molar-refractivity contribution in [2.75, 3.05) is 17.9 Å². The van der Waals surface area contributed by atoms with Crippen LogP contribution in [-0.2, 0) is 16.6 Å². The highest BCUT2D eigenvalue weighted by atomic mass is 32.2. The summed E-state index contributed by atoms with van der Waals surface area (Å²) in [5.74, 6) is 0.397. The van der Waals surface area contributed by atoms with Crippen molar-refractivity contribution in [1.82, 2.24) is 15.1 Å². The third-order valence-electron chi connectivity index (χ3n) is 4.46. The zero-order valence-electron chi connectivity index (χ0n) is 17.5. The Morgan fingerprint density at radius 1 is 1.10 bits per heavy atom. The van der Waals surface area contributed by atoms with E-state index in [2.05, 4.69) is 15.1 Å². The molecule has 0 radical (unpaired) electrons. The van der Waals surface area contributed by atoms with E-state index < -0.39 is 10.0 Å². The Bertz CT molecular complexity index is 1110. The van der Waals surface area contributed by atoms with Crippen LogP contribution in [0.4, 0.5) is 5.69 Å². The molecule has 164 valence electrons. The lowest BCUT2D eigenvalue weighted by Crippen LogP contribution is -2.25. The Labute approximate surface area is 182 Å². The molecule has 31 heavy (non-hydrogen) atoms. The molecule has 1 aromatic heterocycles. The van der Waals surface area contributed by atoms with Gasteiger partial charge in [-0.1, -0.05) is 0 Å². The van der Waals surface area contributed by atoms with E-state index in [1.807, 2.05) is 24.7 Å². The maximum atomic E-state index is 12.5. The maximum absolute atomic E-state index is 12.5. The quantitative estimate of drug-likeness (QED) is 0.470. The number of hydrogen-bond acceptors (Lipinski definition) is 5. The SMILES string of the molecule is CCOc1ccc(S(=O)(=O)Nc2ccc(C(=O)NCCCn3cc(C)cn3)cc2)cc1. The highest BCUT2D eigenvalue weighted by Crippen LogP contribution is 2.19. The van der Waals surface area contributed by atoms with Crippen molar-refractivity contribution in [2.24, 2.45) is 0 Å². The summed E-state index contributed by atoms with van der Waals surface area (Å²) in [7, 11) is -3.73. The first-order valence-electron chi connectivity index (χ1n) is 10.0. The molecule has 0 aliphatic rings. The molecule has 1 heterocycles. The van der Waals surface area contributed by atoms with Crippen LogP contribution in [0.25, 0.3) is 0 Å². The number of benzene rings is 2. The van der Waals surface area contributed by atoms with E-state index in [1.165, 1.54) is 12.1 Å². The lowest BCUT2D eigenvalue weighted by molar-refractivity contribution is 0.0952. The van der Waals surface area contributed by atoms with Crippen LogP contribution in [0, 0.1) is 6.92 Å². The first-order chi connectivity index (χ1) is 14.9. The molecule has 0 aliphatic heterocycles. The first-order valence-corrected chi connectivity index (χ1v) is 11.5. The average molecular weight is 443 g/mol. The number of aryl methyl sites for hydroxylation is 2. The number of amides is 1. The fourth-order valence-electron chi connectivity index (χ4n) is 2.92. The Kier molecular flexibility index (Phi) is 7.30. The minimum atomic E-state index is -3.73. The molecule has 2 aromatic carbocycles. The highest BCUT2D eigenvalue weighted by Gasteiger charge is 2.14. The van der Waals surface area contributed by atoms with Crippen LogP contribution in [0.5, 0.6) is 5.75 Å². The number of carbonyl (C=O) groups excluding carboxylic acids is 1. The summed E-state index contributed by atoms with van der Waals surface area (Å²) in [6.45, 7) is 5.59. The molecular formula is C22H26N4O4S. The fraction of sp³-hybridized carbons (Fsp3) is 0.273. The molecule has 0 aliphatic carbocycles. The van der Waals surface area contributed by atoms with Gasteiger partial charge in [0.1, 0.15) is 5.75 Å². The minimum Gasteiger partial charge on any atom is -0.494 e. The molecule has 0 spiro atoms. The van der Waals surface area contributed by atoms with Crippen molar-refractivity contribution < 1.29 is 17.9 Å². The van der Waals surface area contributed by atoms with Gasteiger partial charge in [-0.15, -0.1) is 0 Å². The predicted molar refractivity (Wildman–Crippen MR) is 119 cm³/mol. The van der Waals surface area contributed by atoms with Crippen molar-refractivity contribution in [2.45, 2.75) is 31.7 Å². The van der Waals surface area contributed by atoms with E-state index in [0.717, 1.165) is 18.5 Å². The summed E-state index contributed by atoms with van der Waals surface area (Å²) in [5.41, 5.74) is 1.93. The number of sulfonamides is 1. The minimum absolute atomic E-state index is 0.130. The highest BCUT2D eigenvalue weighted by molar-refractivity contribution is 7.92. The smallest absolute Gasteiger partial charge is 0.261 e. The largest absolute Gasteiger partial charge is 0.494 e. The van der Waals surface area contributed by atoms with Gasteiger partial charge in [0.15, 0.2) is 0 Å². The molecule has 0 bridgehead atoms. The summed E-state index contributed by atoms with van der Waals surface area (Å²) in [6, 6.07) is 12.5. The lowest BCUT2D eigenvalue weighted by atomic mass is 10.2. The van der Waals surface area contributed by atoms with Gasteiger partial charge in [0.05, 0.1) is 17.7 Å².